The van der Waals surface area contributed by atoms with Gasteiger partial charge in [-0.25, -0.2) is 4.79 Å². The molecular formula is C27H32N2O5. The Morgan fingerprint density at radius 2 is 1.62 bits per heavy atom. The number of rotatable bonds is 8. The number of benzene rings is 2. The molecule has 4 rings (SSSR count). The lowest BCUT2D eigenvalue weighted by atomic mass is 9.98. The number of carboxylic acids is 1. The highest BCUT2D eigenvalue weighted by Crippen LogP contribution is 2.44. The third-order valence-corrected chi connectivity index (χ3v) is 6.79. The lowest BCUT2D eigenvalue weighted by Gasteiger charge is -2.23. The van der Waals surface area contributed by atoms with E-state index in [2.05, 4.69) is 34.9 Å². The van der Waals surface area contributed by atoms with Crippen LogP contribution in [0.15, 0.2) is 48.5 Å². The van der Waals surface area contributed by atoms with Crippen LogP contribution in [-0.4, -0.2) is 41.8 Å². The molecule has 0 radical (unpaired) electrons. The van der Waals surface area contributed by atoms with Gasteiger partial charge < -0.3 is 20.5 Å². The van der Waals surface area contributed by atoms with E-state index >= 15 is 0 Å². The Balaban J connectivity index is 1.37. The van der Waals surface area contributed by atoms with Crippen molar-refractivity contribution in [3.8, 4) is 11.1 Å². The lowest BCUT2D eigenvalue weighted by molar-refractivity contribution is -0.141. The summed E-state index contributed by atoms with van der Waals surface area (Å²) in [7, 11) is 0. The van der Waals surface area contributed by atoms with E-state index in [9.17, 15) is 19.5 Å². The van der Waals surface area contributed by atoms with Crippen molar-refractivity contribution < 1.29 is 24.2 Å². The monoisotopic (exact) mass is 464 g/mol. The normalized spacial score (nSPS) is 19.9. The fraction of sp³-hybridized carbons (Fsp3) is 0.444. The Hall–Kier alpha value is -3.35. The molecule has 7 nitrogen and oxygen atoms in total. The molecule has 2 aromatic rings. The van der Waals surface area contributed by atoms with Gasteiger partial charge in [-0.05, 0) is 53.9 Å². The molecule has 7 heteroatoms. The zero-order valence-electron chi connectivity index (χ0n) is 19.6. The van der Waals surface area contributed by atoms with Crippen molar-refractivity contribution in [2.45, 2.75) is 57.5 Å². The van der Waals surface area contributed by atoms with Crippen molar-refractivity contribution in [3.63, 3.8) is 0 Å². The Morgan fingerprint density at radius 3 is 2.18 bits per heavy atom. The maximum Gasteiger partial charge on any atom is 0.407 e. The quantitative estimate of drug-likeness (QED) is 0.540. The molecule has 3 N–H and O–H groups in total. The van der Waals surface area contributed by atoms with Crippen LogP contribution in [0.1, 0.15) is 56.6 Å². The van der Waals surface area contributed by atoms with Crippen molar-refractivity contribution in [3.05, 3.63) is 59.7 Å². The largest absolute Gasteiger partial charge is 0.481 e. The molecule has 3 atom stereocenters. The van der Waals surface area contributed by atoms with Gasteiger partial charge in [0.15, 0.2) is 0 Å². The summed E-state index contributed by atoms with van der Waals surface area (Å²) in [5.74, 6) is -1.42. The maximum atomic E-state index is 12.9. The molecule has 1 fully saturated rings. The zero-order valence-corrected chi connectivity index (χ0v) is 19.6. The predicted molar refractivity (Wildman–Crippen MR) is 128 cm³/mol. The second-order valence-electron chi connectivity index (χ2n) is 9.71. The van der Waals surface area contributed by atoms with Gasteiger partial charge in [0.2, 0.25) is 5.91 Å². The number of nitrogens with one attached hydrogen (secondary N) is 2. The van der Waals surface area contributed by atoms with E-state index in [0.717, 1.165) is 22.3 Å². The van der Waals surface area contributed by atoms with Crippen LogP contribution >= 0.6 is 0 Å². The standard InChI is InChI=1S/C27H32N2O5/c1-16(2)13-24(25(30)28-18-12-11-17(14-18)26(31)32)29-27(33)34-15-23-21-9-5-3-7-19(21)20-8-4-6-10-22(20)23/h3-10,16-18,23-24H,11-15H2,1-2H3,(H,28,30)(H,29,33)(H,31,32)/t17-,18+,24?/m0/s1. The number of carboxylic acid groups (broad SMARTS) is 1. The maximum absolute atomic E-state index is 12.9. The molecule has 1 unspecified atom stereocenters. The molecule has 2 aliphatic carbocycles. The van der Waals surface area contributed by atoms with Gasteiger partial charge in [-0.3, -0.25) is 9.59 Å². The van der Waals surface area contributed by atoms with Crippen LogP contribution in [0.5, 0.6) is 0 Å². The number of hydrogen-bond donors (Lipinski definition) is 3. The van der Waals surface area contributed by atoms with Crippen LogP contribution in [0, 0.1) is 11.8 Å². The van der Waals surface area contributed by atoms with Crippen molar-refractivity contribution in [2.24, 2.45) is 11.8 Å². The fourth-order valence-electron chi connectivity index (χ4n) is 5.12. The first-order chi connectivity index (χ1) is 16.3. The molecule has 0 spiro atoms. The van der Waals surface area contributed by atoms with Gasteiger partial charge in [-0.2, -0.15) is 0 Å². The zero-order chi connectivity index (χ0) is 24.2. The number of amides is 2. The molecule has 2 aliphatic rings. The predicted octanol–water partition coefficient (Wildman–Crippen LogP) is 4.31. The lowest BCUT2D eigenvalue weighted by Crippen LogP contribution is -2.50. The van der Waals surface area contributed by atoms with Crippen LogP contribution in [0.2, 0.25) is 0 Å². The SMILES string of the molecule is CC(C)CC(NC(=O)OCC1c2ccccc2-c2ccccc21)C(=O)N[C@@H]1CC[C@H](C(=O)O)C1. The van der Waals surface area contributed by atoms with Crippen LogP contribution in [-0.2, 0) is 14.3 Å². The summed E-state index contributed by atoms with van der Waals surface area (Å²) in [5, 5.41) is 14.9. The topological polar surface area (TPSA) is 105 Å². The second-order valence-corrected chi connectivity index (χ2v) is 9.71. The first-order valence-corrected chi connectivity index (χ1v) is 12.0. The van der Waals surface area contributed by atoms with E-state index < -0.39 is 24.0 Å². The summed E-state index contributed by atoms with van der Waals surface area (Å²) < 4.78 is 5.61. The van der Waals surface area contributed by atoms with Crippen molar-refractivity contribution >= 4 is 18.0 Å². The number of fused-ring (bicyclic) bond motifs is 3. The molecule has 0 saturated heterocycles. The molecule has 180 valence electrons. The van der Waals surface area contributed by atoms with Crippen molar-refractivity contribution in [1.29, 1.82) is 0 Å². The highest BCUT2D eigenvalue weighted by molar-refractivity contribution is 5.86. The molecule has 0 heterocycles. The van der Waals surface area contributed by atoms with Gasteiger partial charge in [0.1, 0.15) is 12.6 Å². The number of ether oxygens (including phenoxy) is 1. The molecule has 2 aromatic carbocycles. The molecule has 2 amide bonds. The van der Waals surface area contributed by atoms with Crippen molar-refractivity contribution in [1.82, 2.24) is 10.6 Å². The highest BCUT2D eigenvalue weighted by Gasteiger charge is 2.33. The van der Waals surface area contributed by atoms with Gasteiger partial charge in [-0.15, -0.1) is 0 Å². The molecule has 1 saturated carbocycles. The number of carbonyl (C=O) groups excluding carboxylic acids is 2. The first kappa shape index (κ1) is 23.8. The Bertz CT molecular complexity index is 1020. The summed E-state index contributed by atoms with van der Waals surface area (Å²) in [6, 6.07) is 15.3. The van der Waals surface area contributed by atoms with Crippen LogP contribution in [0.25, 0.3) is 11.1 Å². The van der Waals surface area contributed by atoms with Gasteiger partial charge in [0, 0.05) is 12.0 Å². The number of carbonyl (C=O) groups is 3. The molecule has 0 bridgehead atoms. The molecule has 0 aliphatic heterocycles. The van der Waals surface area contributed by atoms with Gasteiger partial charge in [-0.1, -0.05) is 62.4 Å². The average Bonchev–Trinajstić information content (AvgIpc) is 3.40. The number of aliphatic carboxylic acids is 1. The molecular weight excluding hydrogens is 432 g/mol. The molecule has 34 heavy (non-hydrogen) atoms. The number of hydrogen-bond acceptors (Lipinski definition) is 4. The summed E-state index contributed by atoms with van der Waals surface area (Å²) in [5.41, 5.74) is 4.56. The Kier molecular flexibility index (Phi) is 7.20. The van der Waals surface area contributed by atoms with Gasteiger partial charge in [0.05, 0.1) is 5.92 Å². The average molecular weight is 465 g/mol. The minimum atomic E-state index is -0.827. The van der Waals surface area contributed by atoms with Crippen molar-refractivity contribution in [2.75, 3.05) is 6.61 Å². The third kappa shape index (κ3) is 5.24. The minimum Gasteiger partial charge on any atom is -0.481 e. The Labute approximate surface area is 199 Å². The van der Waals surface area contributed by atoms with Gasteiger partial charge >= 0.3 is 12.1 Å². The first-order valence-electron chi connectivity index (χ1n) is 12.0. The van der Waals surface area contributed by atoms with E-state index in [4.69, 9.17) is 4.74 Å². The summed E-state index contributed by atoms with van der Waals surface area (Å²) in [4.78, 5) is 36.8. The Morgan fingerprint density at radius 1 is 1.00 bits per heavy atom. The summed E-state index contributed by atoms with van der Waals surface area (Å²) in [6.07, 6.45) is 1.43. The van der Waals surface area contributed by atoms with E-state index in [0.29, 0.717) is 25.7 Å². The van der Waals surface area contributed by atoms with Crippen LogP contribution in [0.4, 0.5) is 4.79 Å². The fourth-order valence-corrected chi connectivity index (χ4v) is 5.12. The minimum absolute atomic E-state index is 0.0537. The van der Waals surface area contributed by atoms with Gasteiger partial charge in [0.25, 0.3) is 0 Å². The van der Waals surface area contributed by atoms with E-state index in [1.165, 1.54) is 0 Å². The summed E-state index contributed by atoms with van der Waals surface area (Å²) >= 11 is 0. The van der Waals surface area contributed by atoms with Crippen LogP contribution < -0.4 is 10.6 Å². The number of alkyl carbamates (subject to hydrolysis) is 1. The highest BCUT2D eigenvalue weighted by atomic mass is 16.5. The summed E-state index contributed by atoms with van der Waals surface area (Å²) in [6.45, 7) is 4.14. The molecule has 0 aromatic heterocycles. The van der Waals surface area contributed by atoms with E-state index in [1.54, 1.807) is 0 Å². The van der Waals surface area contributed by atoms with E-state index in [-0.39, 0.29) is 30.4 Å². The second kappa shape index (κ2) is 10.3. The van der Waals surface area contributed by atoms with Crippen LogP contribution in [0.3, 0.4) is 0 Å². The third-order valence-electron chi connectivity index (χ3n) is 6.79. The smallest absolute Gasteiger partial charge is 0.407 e. The van der Waals surface area contributed by atoms with E-state index in [1.807, 2.05) is 38.1 Å².